The molecular weight excluding hydrogens is 379 g/mol. The molecular formula is C22H12ClO3P. The third-order valence-corrected chi connectivity index (χ3v) is 8.55. The predicted octanol–water partition coefficient (Wildman–Crippen LogP) is 5.34. The molecule has 0 saturated heterocycles. The van der Waals surface area contributed by atoms with Gasteiger partial charge in [0.2, 0.25) is 0 Å². The van der Waals surface area contributed by atoms with Gasteiger partial charge in [0, 0.05) is 16.5 Å². The van der Waals surface area contributed by atoms with Crippen LogP contribution in [0.4, 0.5) is 0 Å². The molecule has 0 amide bonds. The molecule has 27 heavy (non-hydrogen) atoms. The van der Waals surface area contributed by atoms with E-state index in [2.05, 4.69) is 0 Å². The van der Waals surface area contributed by atoms with E-state index in [1.165, 1.54) is 0 Å². The van der Waals surface area contributed by atoms with Crippen LogP contribution in [0.25, 0.3) is 10.8 Å². The van der Waals surface area contributed by atoms with Crippen LogP contribution in [0.15, 0.2) is 72.8 Å². The Morgan fingerprint density at radius 1 is 0.741 bits per heavy atom. The lowest BCUT2D eigenvalue weighted by Crippen LogP contribution is -2.35. The van der Waals surface area contributed by atoms with Gasteiger partial charge in [-0.05, 0) is 35.7 Å². The molecule has 4 aromatic rings. The molecule has 2 heterocycles. The molecule has 0 spiro atoms. The summed E-state index contributed by atoms with van der Waals surface area (Å²) in [6.07, 6.45) is 0. The van der Waals surface area contributed by atoms with Crippen molar-refractivity contribution in [3.05, 3.63) is 77.8 Å². The van der Waals surface area contributed by atoms with E-state index < -0.39 is 7.14 Å². The first-order valence-electron chi connectivity index (χ1n) is 8.58. The van der Waals surface area contributed by atoms with Gasteiger partial charge in [0.05, 0.1) is 10.6 Å². The van der Waals surface area contributed by atoms with E-state index in [1.807, 2.05) is 60.7 Å². The van der Waals surface area contributed by atoms with Crippen LogP contribution in [0.1, 0.15) is 0 Å². The average molecular weight is 391 g/mol. The first-order valence-corrected chi connectivity index (χ1v) is 10.7. The SMILES string of the molecule is O=P12c3ccc(Cl)cc3Oc3cccc(c31)Oc1c2ccc2ccccc12. The minimum Gasteiger partial charge on any atom is -0.456 e. The fourth-order valence-corrected chi connectivity index (χ4v) is 7.20. The van der Waals surface area contributed by atoms with E-state index in [0.29, 0.717) is 43.9 Å². The number of ether oxygens (including phenoxy) is 2. The van der Waals surface area contributed by atoms with Crippen molar-refractivity contribution >= 4 is 45.4 Å². The summed E-state index contributed by atoms with van der Waals surface area (Å²) in [7, 11) is -3.15. The number of benzene rings is 4. The zero-order valence-electron chi connectivity index (χ0n) is 14.0. The highest BCUT2D eigenvalue weighted by molar-refractivity contribution is 7.86. The van der Waals surface area contributed by atoms with E-state index in [1.54, 1.807) is 12.1 Å². The van der Waals surface area contributed by atoms with Crippen LogP contribution >= 0.6 is 18.7 Å². The van der Waals surface area contributed by atoms with Crippen LogP contribution in [0, 0.1) is 0 Å². The summed E-state index contributed by atoms with van der Waals surface area (Å²) in [6.45, 7) is 0. The Morgan fingerprint density at radius 3 is 2.41 bits per heavy atom. The normalized spacial score (nSPS) is 18.7. The lowest BCUT2D eigenvalue weighted by atomic mass is 10.1. The summed E-state index contributed by atoms with van der Waals surface area (Å²) in [5.41, 5.74) is 0. The lowest BCUT2D eigenvalue weighted by Gasteiger charge is -2.34. The van der Waals surface area contributed by atoms with E-state index in [9.17, 15) is 4.57 Å². The Morgan fingerprint density at radius 2 is 1.52 bits per heavy atom. The van der Waals surface area contributed by atoms with Crippen molar-refractivity contribution in [2.24, 2.45) is 0 Å². The van der Waals surface area contributed by atoms with Crippen LogP contribution < -0.4 is 25.4 Å². The fourth-order valence-electron chi connectivity index (χ4n) is 3.99. The Kier molecular flexibility index (Phi) is 2.93. The van der Waals surface area contributed by atoms with Gasteiger partial charge in [0.1, 0.15) is 28.3 Å². The standard InChI is InChI=1S/C22H12ClO3P/c23-14-9-11-19-18(12-14)25-16-6-3-7-17-22(16)27(19,24)20-10-8-13-4-1-2-5-15(13)21(20)26-17/h1-12H. The molecule has 4 aromatic carbocycles. The minimum absolute atomic E-state index is 0.538. The van der Waals surface area contributed by atoms with Gasteiger partial charge in [-0.2, -0.15) is 0 Å². The number of hydrogen-bond donors (Lipinski definition) is 0. The topological polar surface area (TPSA) is 35.5 Å². The van der Waals surface area contributed by atoms with Crippen LogP contribution in [0.2, 0.25) is 5.02 Å². The first kappa shape index (κ1) is 15.3. The highest BCUT2D eigenvalue weighted by Gasteiger charge is 2.46. The van der Waals surface area contributed by atoms with E-state index in [0.717, 1.165) is 10.8 Å². The van der Waals surface area contributed by atoms with Gasteiger partial charge in [0.25, 0.3) is 0 Å². The second kappa shape index (κ2) is 5.16. The van der Waals surface area contributed by atoms with Gasteiger partial charge in [-0.25, -0.2) is 0 Å². The molecule has 0 N–H and O–H groups in total. The quantitative estimate of drug-likeness (QED) is 0.328. The second-order valence-electron chi connectivity index (χ2n) is 6.66. The molecule has 0 bridgehead atoms. The average Bonchev–Trinajstić information content (AvgIpc) is 2.68. The van der Waals surface area contributed by atoms with Gasteiger partial charge in [-0.3, -0.25) is 0 Å². The maximum atomic E-state index is 14.7. The van der Waals surface area contributed by atoms with Crippen molar-refractivity contribution in [3.8, 4) is 23.0 Å². The highest BCUT2D eigenvalue weighted by atomic mass is 35.5. The minimum atomic E-state index is -3.15. The Balaban J connectivity index is 1.79. The first-order chi connectivity index (χ1) is 13.2. The number of rotatable bonds is 0. The number of halogens is 1. The third-order valence-electron chi connectivity index (χ3n) is 5.17. The summed E-state index contributed by atoms with van der Waals surface area (Å²) >= 11 is 6.17. The molecule has 1 atom stereocenters. The molecule has 6 rings (SSSR count). The van der Waals surface area contributed by atoms with Gasteiger partial charge < -0.3 is 14.0 Å². The van der Waals surface area contributed by atoms with Crippen LogP contribution in [0.5, 0.6) is 23.0 Å². The molecule has 2 aliphatic rings. The fraction of sp³-hybridized carbons (Fsp3) is 0. The summed E-state index contributed by atoms with van der Waals surface area (Å²) in [6, 6.07) is 22.7. The molecule has 5 heteroatoms. The van der Waals surface area contributed by atoms with Gasteiger partial charge >= 0.3 is 0 Å². The monoisotopic (exact) mass is 390 g/mol. The highest BCUT2D eigenvalue weighted by Crippen LogP contribution is 2.59. The summed E-state index contributed by atoms with van der Waals surface area (Å²) in [4.78, 5) is 0. The lowest BCUT2D eigenvalue weighted by molar-refractivity contribution is 0.464. The van der Waals surface area contributed by atoms with Crippen molar-refractivity contribution in [2.45, 2.75) is 0 Å². The number of fused-ring (bicyclic) bond motifs is 6. The van der Waals surface area contributed by atoms with E-state index in [-0.39, 0.29) is 0 Å². The molecule has 0 fully saturated rings. The smallest absolute Gasteiger partial charge is 0.185 e. The maximum absolute atomic E-state index is 14.7. The Bertz CT molecular complexity index is 1330. The zero-order chi connectivity index (χ0) is 18.2. The van der Waals surface area contributed by atoms with Gasteiger partial charge in [-0.15, -0.1) is 0 Å². The van der Waals surface area contributed by atoms with Gasteiger partial charge in [-0.1, -0.05) is 48.0 Å². The van der Waals surface area contributed by atoms with Crippen molar-refractivity contribution in [1.82, 2.24) is 0 Å². The molecule has 0 saturated carbocycles. The van der Waals surface area contributed by atoms with Gasteiger partial charge in [0.15, 0.2) is 7.14 Å². The van der Waals surface area contributed by atoms with Crippen molar-refractivity contribution in [1.29, 1.82) is 0 Å². The molecule has 3 nitrogen and oxygen atoms in total. The van der Waals surface area contributed by atoms with Crippen LogP contribution in [-0.4, -0.2) is 0 Å². The van der Waals surface area contributed by atoms with E-state index in [4.69, 9.17) is 21.1 Å². The third kappa shape index (κ3) is 1.91. The Labute approximate surface area is 160 Å². The Hall–Kier alpha value is -2.74. The van der Waals surface area contributed by atoms with E-state index >= 15 is 0 Å². The molecule has 0 aliphatic carbocycles. The summed E-state index contributed by atoms with van der Waals surface area (Å²) in [5, 5.41) is 4.53. The van der Waals surface area contributed by atoms with Crippen LogP contribution in [-0.2, 0) is 4.57 Å². The van der Waals surface area contributed by atoms with Crippen molar-refractivity contribution in [3.63, 3.8) is 0 Å². The second-order valence-corrected chi connectivity index (χ2v) is 9.73. The summed E-state index contributed by atoms with van der Waals surface area (Å²) < 4.78 is 27.0. The number of hydrogen-bond acceptors (Lipinski definition) is 3. The molecule has 2 aliphatic heterocycles. The van der Waals surface area contributed by atoms with Crippen LogP contribution in [0.3, 0.4) is 0 Å². The molecule has 130 valence electrons. The predicted molar refractivity (Wildman–Crippen MR) is 108 cm³/mol. The molecule has 1 unspecified atom stereocenters. The molecule has 0 radical (unpaired) electrons. The van der Waals surface area contributed by atoms with Crippen molar-refractivity contribution < 1.29 is 14.0 Å². The largest absolute Gasteiger partial charge is 0.456 e. The molecule has 0 aromatic heterocycles. The maximum Gasteiger partial charge on any atom is 0.185 e. The van der Waals surface area contributed by atoms with Crippen molar-refractivity contribution in [2.75, 3.05) is 0 Å². The summed E-state index contributed by atoms with van der Waals surface area (Å²) in [5.74, 6) is 2.34. The zero-order valence-corrected chi connectivity index (χ0v) is 15.6.